The lowest BCUT2D eigenvalue weighted by molar-refractivity contribution is 0.104. The molecular formula is C17H32IN5O. The minimum atomic E-state index is 0. The van der Waals surface area contributed by atoms with Gasteiger partial charge >= 0.3 is 0 Å². The van der Waals surface area contributed by atoms with E-state index in [0.717, 1.165) is 29.5 Å². The van der Waals surface area contributed by atoms with Crippen LogP contribution in [0, 0.1) is 13.8 Å². The van der Waals surface area contributed by atoms with Crippen LogP contribution in [0.25, 0.3) is 0 Å². The number of likely N-dealkylation sites (N-methyl/N-ethyl adjacent to an activating group) is 1. The number of hydrogen-bond donors (Lipinski definition) is 2. The first-order chi connectivity index (χ1) is 11.0. The van der Waals surface area contributed by atoms with Crippen molar-refractivity contribution in [1.82, 2.24) is 20.7 Å². The molecule has 138 valence electrons. The highest BCUT2D eigenvalue weighted by atomic mass is 127. The lowest BCUT2D eigenvalue weighted by atomic mass is 9.80. The van der Waals surface area contributed by atoms with E-state index in [0.29, 0.717) is 6.54 Å². The van der Waals surface area contributed by atoms with E-state index in [9.17, 15) is 0 Å². The topological polar surface area (TPSA) is 65.7 Å². The SMILES string of the molecule is CN=C(NCc1c(C)noc1C)NCC1(N(C)C)CCCCC1.I. The zero-order valence-electron chi connectivity index (χ0n) is 15.6. The molecule has 0 aromatic carbocycles. The minimum absolute atomic E-state index is 0. The average Bonchev–Trinajstić information content (AvgIpc) is 2.87. The fraction of sp³-hybridized carbons (Fsp3) is 0.765. The van der Waals surface area contributed by atoms with Gasteiger partial charge in [0.15, 0.2) is 5.96 Å². The van der Waals surface area contributed by atoms with Crippen molar-refractivity contribution in [3.05, 3.63) is 17.0 Å². The summed E-state index contributed by atoms with van der Waals surface area (Å²) in [5.74, 6) is 1.69. The third kappa shape index (κ3) is 5.08. The van der Waals surface area contributed by atoms with Gasteiger partial charge in [0.1, 0.15) is 5.76 Å². The van der Waals surface area contributed by atoms with Crippen molar-refractivity contribution in [1.29, 1.82) is 0 Å². The smallest absolute Gasteiger partial charge is 0.191 e. The first kappa shape index (κ1) is 21.2. The van der Waals surface area contributed by atoms with Gasteiger partial charge in [-0.15, -0.1) is 24.0 Å². The molecule has 0 bridgehead atoms. The Balaban J connectivity index is 0.00000288. The Kier molecular flexibility index (Phi) is 8.49. The van der Waals surface area contributed by atoms with Gasteiger partial charge in [0.25, 0.3) is 0 Å². The van der Waals surface area contributed by atoms with Gasteiger partial charge in [-0.2, -0.15) is 0 Å². The molecule has 7 heteroatoms. The number of nitrogens with zero attached hydrogens (tertiary/aromatic N) is 3. The highest BCUT2D eigenvalue weighted by Gasteiger charge is 2.34. The molecule has 6 nitrogen and oxygen atoms in total. The van der Waals surface area contributed by atoms with Crippen molar-refractivity contribution in [2.24, 2.45) is 4.99 Å². The highest BCUT2D eigenvalue weighted by Crippen LogP contribution is 2.31. The monoisotopic (exact) mass is 449 g/mol. The molecule has 1 aliphatic rings. The van der Waals surface area contributed by atoms with Crippen molar-refractivity contribution in [2.75, 3.05) is 27.7 Å². The molecule has 0 amide bonds. The predicted molar refractivity (Wildman–Crippen MR) is 109 cm³/mol. The number of hydrogen-bond acceptors (Lipinski definition) is 4. The van der Waals surface area contributed by atoms with Crippen LogP contribution in [0.15, 0.2) is 9.52 Å². The molecule has 0 saturated heterocycles. The second-order valence-electron chi connectivity index (χ2n) is 6.76. The second kappa shape index (κ2) is 9.60. The molecule has 2 rings (SSSR count). The fourth-order valence-corrected chi connectivity index (χ4v) is 3.39. The van der Waals surface area contributed by atoms with Crippen LogP contribution in [0.5, 0.6) is 0 Å². The molecule has 1 aromatic rings. The van der Waals surface area contributed by atoms with Crippen LogP contribution < -0.4 is 10.6 Å². The number of aliphatic imine (C=N–C) groups is 1. The summed E-state index contributed by atoms with van der Waals surface area (Å²) in [5.41, 5.74) is 2.27. The summed E-state index contributed by atoms with van der Waals surface area (Å²) < 4.78 is 5.21. The van der Waals surface area contributed by atoms with Crippen LogP contribution in [0.4, 0.5) is 0 Å². The van der Waals surface area contributed by atoms with Gasteiger partial charge < -0.3 is 20.1 Å². The van der Waals surface area contributed by atoms with Crippen LogP contribution >= 0.6 is 24.0 Å². The number of halogens is 1. The Morgan fingerprint density at radius 2 is 1.88 bits per heavy atom. The number of aryl methyl sites for hydroxylation is 2. The molecule has 24 heavy (non-hydrogen) atoms. The average molecular weight is 449 g/mol. The number of aromatic nitrogens is 1. The third-order valence-corrected chi connectivity index (χ3v) is 5.16. The summed E-state index contributed by atoms with van der Waals surface area (Å²) in [7, 11) is 6.19. The molecule has 1 heterocycles. The zero-order chi connectivity index (χ0) is 16.9. The number of guanidine groups is 1. The molecule has 0 unspecified atom stereocenters. The van der Waals surface area contributed by atoms with Crippen LogP contribution in [0.3, 0.4) is 0 Å². The van der Waals surface area contributed by atoms with Gasteiger partial charge in [0.05, 0.1) is 5.69 Å². The standard InChI is InChI=1S/C17H31N5O.HI/c1-13-15(14(2)23-21-13)11-19-16(18-3)20-12-17(22(4)5)9-7-6-8-10-17;/h6-12H2,1-5H3,(H2,18,19,20);1H. The van der Waals surface area contributed by atoms with E-state index < -0.39 is 0 Å². The van der Waals surface area contributed by atoms with Crippen LogP contribution in [-0.2, 0) is 6.54 Å². The molecule has 0 radical (unpaired) electrons. The highest BCUT2D eigenvalue weighted by molar-refractivity contribution is 14.0. The quantitative estimate of drug-likeness (QED) is 0.411. The van der Waals surface area contributed by atoms with Crippen molar-refractivity contribution >= 4 is 29.9 Å². The maximum Gasteiger partial charge on any atom is 0.191 e. The second-order valence-corrected chi connectivity index (χ2v) is 6.76. The number of nitrogens with one attached hydrogen (secondary N) is 2. The maximum absolute atomic E-state index is 5.21. The van der Waals surface area contributed by atoms with Gasteiger partial charge in [0.2, 0.25) is 0 Å². The summed E-state index contributed by atoms with van der Waals surface area (Å²) in [6, 6.07) is 0. The summed E-state index contributed by atoms with van der Waals surface area (Å²) in [6.07, 6.45) is 6.46. The van der Waals surface area contributed by atoms with Crippen molar-refractivity contribution in [3.8, 4) is 0 Å². The Bertz CT molecular complexity index is 516. The molecule has 1 aliphatic carbocycles. The Hall–Kier alpha value is -0.830. The molecule has 1 saturated carbocycles. The fourth-order valence-electron chi connectivity index (χ4n) is 3.39. The van der Waals surface area contributed by atoms with Gasteiger partial charge in [0, 0.05) is 31.2 Å². The van der Waals surface area contributed by atoms with Crippen LogP contribution in [-0.4, -0.2) is 49.2 Å². The predicted octanol–water partition coefficient (Wildman–Crippen LogP) is 2.84. The Morgan fingerprint density at radius 1 is 1.21 bits per heavy atom. The normalized spacial score (nSPS) is 17.5. The molecule has 0 aliphatic heterocycles. The first-order valence-corrected chi connectivity index (χ1v) is 8.52. The maximum atomic E-state index is 5.21. The summed E-state index contributed by atoms with van der Waals surface area (Å²) in [5, 5.41) is 10.9. The van der Waals surface area contributed by atoms with E-state index >= 15 is 0 Å². The van der Waals surface area contributed by atoms with Crippen LogP contribution in [0.1, 0.15) is 49.1 Å². The Labute approximate surface area is 162 Å². The van der Waals surface area contributed by atoms with Crippen molar-refractivity contribution in [2.45, 2.75) is 58.0 Å². The molecule has 0 atom stereocenters. The molecular weight excluding hydrogens is 417 g/mol. The first-order valence-electron chi connectivity index (χ1n) is 8.52. The summed E-state index contributed by atoms with van der Waals surface area (Å²) >= 11 is 0. The minimum Gasteiger partial charge on any atom is -0.361 e. The van der Waals surface area contributed by atoms with E-state index in [1.165, 1.54) is 32.1 Å². The van der Waals surface area contributed by atoms with E-state index in [2.05, 4.69) is 39.8 Å². The van der Waals surface area contributed by atoms with Crippen molar-refractivity contribution in [3.63, 3.8) is 0 Å². The van der Waals surface area contributed by atoms with E-state index in [1.54, 1.807) is 0 Å². The summed E-state index contributed by atoms with van der Waals surface area (Å²) in [6.45, 7) is 5.50. The van der Waals surface area contributed by atoms with E-state index in [-0.39, 0.29) is 29.5 Å². The van der Waals surface area contributed by atoms with Gasteiger partial charge in [-0.1, -0.05) is 24.4 Å². The summed E-state index contributed by atoms with van der Waals surface area (Å²) in [4.78, 5) is 6.72. The molecule has 1 fully saturated rings. The molecule has 2 N–H and O–H groups in total. The number of rotatable bonds is 5. The zero-order valence-corrected chi connectivity index (χ0v) is 17.9. The van der Waals surface area contributed by atoms with E-state index in [1.807, 2.05) is 20.9 Å². The molecule has 0 spiro atoms. The largest absolute Gasteiger partial charge is 0.361 e. The molecule has 1 aromatic heterocycles. The lowest BCUT2D eigenvalue weighted by Gasteiger charge is -2.43. The lowest BCUT2D eigenvalue weighted by Crippen LogP contribution is -2.55. The van der Waals surface area contributed by atoms with Crippen molar-refractivity contribution < 1.29 is 4.52 Å². The third-order valence-electron chi connectivity index (χ3n) is 5.16. The van der Waals surface area contributed by atoms with Crippen LogP contribution in [0.2, 0.25) is 0 Å². The van der Waals surface area contributed by atoms with Gasteiger partial charge in [-0.25, -0.2) is 0 Å². The van der Waals surface area contributed by atoms with E-state index in [4.69, 9.17) is 4.52 Å². The Morgan fingerprint density at radius 3 is 2.38 bits per heavy atom. The van der Waals surface area contributed by atoms with Gasteiger partial charge in [-0.05, 0) is 40.8 Å². The van der Waals surface area contributed by atoms with Gasteiger partial charge in [-0.3, -0.25) is 4.99 Å².